The molecule has 0 bridgehead atoms. The quantitative estimate of drug-likeness (QED) is 0.788. The number of aromatic hydroxyl groups is 1. The van der Waals surface area contributed by atoms with Gasteiger partial charge in [-0.1, -0.05) is 36.4 Å². The van der Waals surface area contributed by atoms with E-state index in [0.29, 0.717) is 12.3 Å². The molecule has 0 radical (unpaired) electrons. The molecule has 0 aliphatic rings. The lowest BCUT2D eigenvalue weighted by atomic mass is 10.1. The second-order valence-electron chi connectivity index (χ2n) is 4.94. The Hall–Kier alpha value is -2.26. The highest BCUT2D eigenvalue weighted by molar-refractivity contribution is 5.32. The van der Waals surface area contributed by atoms with Gasteiger partial charge in [-0.25, -0.2) is 0 Å². The number of methoxy groups -OCH3 is 1. The van der Waals surface area contributed by atoms with Gasteiger partial charge in [-0.05, 0) is 23.8 Å². The number of phenols is 1. The zero-order valence-electron chi connectivity index (χ0n) is 12.3. The molecule has 3 heteroatoms. The predicted molar refractivity (Wildman–Crippen MR) is 85.4 cm³/mol. The second kappa shape index (κ2) is 7.50. The number of benzene rings is 2. The van der Waals surface area contributed by atoms with Crippen LogP contribution in [0.25, 0.3) is 0 Å². The van der Waals surface area contributed by atoms with E-state index in [2.05, 4.69) is 17.5 Å². The summed E-state index contributed by atoms with van der Waals surface area (Å²) in [5.74, 6) is 1.19. The lowest BCUT2D eigenvalue weighted by molar-refractivity contribution is 0.281. The maximum absolute atomic E-state index is 9.90. The number of hydrogen-bond acceptors (Lipinski definition) is 3. The molecule has 0 unspecified atom stereocenters. The van der Waals surface area contributed by atoms with E-state index < -0.39 is 0 Å². The summed E-state index contributed by atoms with van der Waals surface area (Å²) in [5, 5.41) is 9.90. The smallest absolute Gasteiger partial charge is 0.120 e. The Bertz CT molecular complexity index is 595. The van der Waals surface area contributed by atoms with Crippen molar-refractivity contribution in [2.24, 2.45) is 0 Å². The summed E-state index contributed by atoms with van der Waals surface area (Å²) in [6, 6.07) is 15.4. The van der Waals surface area contributed by atoms with Crippen LogP contribution in [0.4, 0.5) is 0 Å². The van der Waals surface area contributed by atoms with Crippen LogP contribution in [-0.2, 0) is 13.1 Å². The largest absolute Gasteiger partial charge is 0.508 e. The molecule has 2 aromatic rings. The number of rotatable bonds is 7. The first-order valence-electron chi connectivity index (χ1n) is 6.96. The molecule has 110 valence electrons. The third-order valence-electron chi connectivity index (χ3n) is 3.31. The van der Waals surface area contributed by atoms with E-state index in [1.54, 1.807) is 13.2 Å². The predicted octanol–water partition coefficient (Wildman–Crippen LogP) is 3.59. The summed E-state index contributed by atoms with van der Waals surface area (Å²) in [6.07, 6.45) is 1.88. The van der Waals surface area contributed by atoms with Gasteiger partial charge in [0.05, 0.1) is 7.11 Å². The molecule has 0 heterocycles. The Kier molecular flexibility index (Phi) is 5.41. The molecular weight excluding hydrogens is 262 g/mol. The number of nitrogens with zero attached hydrogens (tertiary/aromatic N) is 1. The molecule has 2 rings (SSSR count). The minimum absolute atomic E-state index is 0.331. The maximum atomic E-state index is 9.90. The van der Waals surface area contributed by atoms with Gasteiger partial charge < -0.3 is 9.84 Å². The first-order chi connectivity index (χ1) is 10.2. The van der Waals surface area contributed by atoms with Gasteiger partial charge in [0.25, 0.3) is 0 Å². The maximum Gasteiger partial charge on any atom is 0.120 e. The molecule has 0 aliphatic heterocycles. The third kappa shape index (κ3) is 4.36. The van der Waals surface area contributed by atoms with Crippen molar-refractivity contribution in [2.75, 3.05) is 13.7 Å². The van der Waals surface area contributed by atoms with Gasteiger partial charge in [0, 0.05) is 25.2 Å². The Balaban J connectivity index is 2.11. The first-order valence-corrected chi connectivity index (χ1v) is 6.96. The molecule has 0 aromatic heterocycles. The number of phenolic OH excluding ortho intramolecular Hbond substituents is 1. The highest BCUT2D eigenvalue weighted by Crippen LogP contribution is 2.20. The summed E-state index contributed by atoms with van der Waals surface area (Å²) in [5.41, 5.74) is 2.09. The van der Waals surface area contributed by atoms with E-state index in [4.69, 9.17) is 4.74 Å². The van der Waals surface area contributed by atoms with E-state index in [1.165, 1.54) is 5.56 Å². The summed E-state index contributed by atoms with van der Waals surface area (Å²) >= 11 is 0. The Morgan fingerprint density at radius 1 is 1.14 bits per heavy atom. The Labute approximate surface area is 126 Å². The monoisotopic (exact) mass is 283 g/mol. The highest BCUT2D eigenvalue weighted by Gasteiger charge is 2.09. The number of para-hydroxylation sites is 1. The molecule has 0 aliphatic carbocycles. The van der Waals surface area contributed by atoms with Crippen LogP contribution < -0.4 is 4.74 Å². The topological polar surface area (TPSA) is 32.7 Å². The third-order valence-corrected chi connectivity index (χ3v) is 3.31. The highest BCUT2D eigenvalue weighted by atomic mass is 16.5. The van der Waals surface area contributed by atoms with E-state index in [1.807, 2.05) is 42.5 Å². The molecule has 0 saturated carbocycles. The van der Waals surface area contributed by atoms with E-state index in [0.717, 1.165) is 24.4 Å². The zero-order chi connectivity index (χ0) is 15.1. The van der Waals surface area contributed by atoms with E-state index >= 15 is 0 Å². The fraction of sp³-hybridized carbons (Fsp3) is 0.222. The fourth-order valence-electron chi connectivity index (χ4n) is 2.28. The van der Waals surface area contributed by atoms with Gasteiger partial charge in [0.1, 0.15) is 11.5 Å². The van der Waals surface area contributed by atoms with Crippen molar-refractivity contribution >= 4 is 0 Å². The number of ether oxygens (including phenoxy) is 1. The van der Waals surface area contributed by atoms with Gasteiger partial charge in [-0.2, -0.15) is 0 Å². The molecule has 0 atom stereocenters. The van der Waals surface area contributed by atoms with Gasteiger partial charge in [-0.3, -0.25) is 4.90 Å². The Morgan fingerprint density at radius 3 is 2.67 bits per heavy atom. The average molecular weight is 283 g/mol. The van der Waals surface area contributed by atoms with Crippen molar-refractivity contribution in [3.8, 4) is 11.5 Å². The van der Waals surface area contributed by atoms with Crippen LogP contribution in [0.1, 0.15) is 11.1 Å². The van der Waals surface area contributed by atoms with Gasteiger partial charge in [0.2, 0.25) is 0 Å². The van der Waals surface area contributed by atoms with Gasteiger partial charge in [-0.15, -0.1) is 6.58 Å². The summed E-state index contributed by atoms with van der Waals surface area (Å²) in [7, 11) is 1.67. The van der Waals surface area contributed by atoms with Crippen LogP contribution in [0.15, 0.2) is 61.2 Å². The van der Waals surface area contributed by atoms with Crippen molar-refractivity contribution in [1.82, 2.24) is 4.90 Å². The molecule has 3 nitrogen and oxygen atoms in total. The van der Waals surface area contributed by atoms with Crippen LogP contribution in [0.5, 0.6) is 11.5 Å². The fourth-order valence-corrected chi connectivity index (χ4v) is 2.28. The molecule has 0 saturated heterocycles. The van der Waals surface area contributed by atoms with Crippen molar-refractivity contribution in [3.63, 3.8) is 0 Å². The normalized spacial score (nSPS) is 10.6. The van der Waals surface area contributed by atoms with Crippen LogP contribution >= 0.6 is 0 Å². The van der Waals surface area contributed by atoms with Gasteiger partial charge >= 0.3 is 0 Å². The van der Waals surface area contributed by atoms with Crippen molar-refractivity contribution in [1.29, 1.82) is 0 Å². The van der Waals surface area contributed by atoms with E-state index in [-0.39, 0.29) is 0 Å². The van der Waals surface area contributed by atoms with E-state index in [9.17, 15) is 5.11 Å². The molecule has 0 fully saturated rings. The van der Waals surface area contributed by atoms with Gasteiger partial charge in [0.15, 0.2) is 0 Å². The molecule has 0 amide bonds. The van der Waals surface area contributed by atoms with Crippen molar-refractivity contribution < 1.29 is 9.84 Å². The lowest BCUT2D eigenvalue weighted by Gasteiger charge is -2.21. The minimum atomic E-state index is 0.331. The standard InChI is InChI=1S/C18H21NO2/c1-3-11-19(14-16-8-4-5-10-18(16)20)13-15-7-6-9-17(12-15)21-2/h3-10,12,20H,1,11,13-14H2,2H3. The SMILES string of the molecule is C=CCN(Cc1cccc(OC)c1)Cc1ccccc1O. The first kappa shape index (κ1) is 15.1. The van der Waals surface area contributed by atoms with Crippen LogP contribution in [0.3, 0.4) is 0 Å². The molecule has 1 N–H and O–H groups in total. The summed E-state index contributed by atoms with van der Waals surface area (Å²) < 4.78 is 5.26. The van der Waals surface area contributed by atoms with Crippen molar-refractivity contribution in [3.05, 3.63) is 72.3 Å². The lowest BCUT2D eigenvalue weighted by Crippen LogP contribution is -2.22. The average Bonchev–Trinajstić information content (AvgIpc) is 2.50. The number of hydrogen-bond donors (Lipinski definition) is 1. The minimum Gasteiger partial charge on any atom is -0.508 e. The molecule has 0 spiro atoms. The Morgan fingerprint density at radius 2 is 1.95 bits per heavy atom. The molecule has 2 aromatic carbocycles. The van der Waals surface area contributed by atoms with Crippen LogP contribution in [0.2, 0.25) is 0 Å². The van der Waals surface area contributed by atoms with Crippen molar-refractivity contribution in [2.45, 2.75) is 13.1 Å². The molecular formula is C18H21NO2. The zero-order valence-corrected chi connectivity index (χ0v) is 12.3. The van der Waals surface area contributed by atoms with Crippen LogP contribution in [-0.4, -0.2) is 23.7 Å². The summed E-state index contributed by atoms with van der Waals surface area (Å²) in [6.45, 7) is 6.02. The molecule has 21 heavy (non-hydrogen) atoms. The summed E-state index contributed by atoms with van der Waals surface area (Å²) in [4.78, 5) is 2.22. The van der Waals surface area contributed by atoms with Crippen LogP contribution in [0, 0.1) is 0 Å². The second-order valence-corrected chi connectivity index (χ2v) is 4.94.